The number of nitrogens with zero attached hydrogens (tertiary/aromatic N) is 2. The van der Waals surface area contributed by atoms with Crippen LogP contribution in [0.4, 0.5) is 0 Å². The second-order valence-corrected chi connectivity index (χ2v) is 3.05. The molecule has 5 heteroatoms. The van der Waals surface area contributed by atoms with Crippen LogP contribution < -0.4 is 5.73 Å². The van der Waals surface area contributed by atoms with Gasteiger partial charge in [-0.2, -0.15) is 0 Å². The highest BCUT2D eigenvalue weighted by Crippen LogP contribution is 2.14. The van der Waals surface area contributed by atoms with Crippen LogP contribution in [0.25, 0.3) is 11.5 Å². The lowest BCUT2D eigenvalue weighted by molar-refractivity contribution is 1.01. The zero-order chi connectivity index (χ0) is 8.39. The first-order valence-electron chi connectivity index (χ1n) is 3.52. The third-order valence-electron chi connectivity index (χ3n) is 1.52. The molecule has 0 atom stereocenters. The van der Waals surface area contributed by atoms with Crippen LogP contribution in [0.15, 0.2) is 17.1 Å². The third-order valence-corrected chi connectivity index (χ3v) is 2.11. The summed E-state index contributed by atoms with van der Waals surface area (Å²) in [6.45, 7) is 0.483. The monoisotopic (exact) mass is 180 g/mol. The molecular weight excluding hydrogens is 172 g/mol. The standard InChI is InChI=1S/C7H8N4S/c8-1-5-2-9-7(11-5)6-3-12-4-10-6/h2-4H,1,8H2,(H,9,11). The molecule has 4 nitrogen and oxygen atoms in total. The molecule has 0 fully saturated rings. The fourth-order valence-corrected chi connectivity index (χ4v) is 1.46. The van der Waals surface area contributed by atoms with Gasteiger partial charge in [-0.15, -0.1) is 11.3 Å². The van der Waals surface area contributed by atoms with Gasteiger partial charge in [0, 0.05) is 23.8 Å². The Bertz CT molecular complexity index is 351. The number of rotatable bonds is 2. The lowest BCUT2D eigenvalue weighted by Gasteiger charge is -1.87. The maximum Gasteiger partial charge on any atom is 0.157 e. The third kappa shape index (κ3) is 1.24. The van der Waals surface area contributed by atoms with E-state index in [1.165, 1.54) is 0 Å². The van der Waals surface area contributed by atoms with Crippen molar-refractivity contribution >= 4 is 11.3 Å². The molecule has 2 aromatic heterocycles. The fraction of sp³-hybridized carbons (Fsp3) is 0.143. The van der Waals surface area contributed by atoms with Crippen molar-refractivity contribution in [3.63, 3.8) is 0 Å². The Morgan fingerprint density at radius 3 is 3.00 bits per heavy atom. The Morgan fingerprint density at radius 2 is 2.42 bits per heavy atom. The van der Waals surface area contributed by atoms with Gasteiger partial charge < -0.3 is 10.7 Å². The van der Waals surface area contributed by atoms with Gasteiger partial charge >= 0.3 is 0 Å². The number of hydrogen-bond acceptors (Lipinski definition) is 4. The molecule has 0 unspecified atom stereocenters. The van der Waals surface area contributed by atoms with Crippen LogP contribution >= 0.6 is 11.3 Å². The van der Waals surface area contributed by atoms with E-state index in [2.05, 4.69) is 15.0 Å². The molecule has 62 valence electrons. The minimum absolute atomic E-state index is 0.483. The summed E-state index contributed by atoms with van der Waals surface area (Å²) < 4.78 is 0. The highest BCUT2D eigenvalue weighted by Gasteiger charge is 2.02. The minimum Gasteiger partial charge on any atom is -0.339 e. The van der Waals surface area contributed by atoms with E-state index in [9.17, 15) is 0 Å². The number of nitrogens with two attached hydrogens (primary N) is 1. The number of H-pyrrole nitrogens is 1. The number of aromatic amines is 1. The van der Waals surface area contributed by atoms with E-state index in [0.717, 1.165) is 17.2 Å². The summed E-state index contributed by atoms with van der Waals surface area (Å²) in [5, 5.41) is 1.94. The van der Waals surface area contributed by atoms with Crippen molar-refractivity contribution in [1.82, 2.24) is 15.0 Å². The molecule has 0 radical (unpaired) electrons. The van der Waals surface area contributed by atoms with Crippen LogP contribution in [0.5, 0.6) is 0 Å². The predicted molar refractivity (Wildman–Crippen MR) is 47.6 cm³/mol. The first-order valence-corrected chi connectivity index (χ1v) is 4.47. The van der Waals surface area contributed by atoms with Crippen LogP contribution in [0.3, 0.4) is 0 Å². The van der Waals surface area contributed by atoms with E-state index in [1.807, 2.05) is 5.38 Å². The molecule has 2 rings (SSSR count). The quantitative estimate of drug-likeness (QED) is 0.724. The van der Waals surface area contributed by atoms with Crippen LogP contribution in [0.2, 0.25) is 0 Å². The lowest BCUT2D eigenvalue weighted by atomic mass is 10.5. The molecule has 12 heavy (non-hydrogen) atoms. The number of thiazole rings is 1. The largest absolute Gasteiger partial charge is 0.339 e. The van der Waals surface area contributed by atoms with Crippen molar-refractivity contribution in [3.05, 3.63) is 22.8 Å². The van der Waals surface area contributed by atoms with Crippen molar-refractivity contribution in [2.45, 2.75) is 6.54 Å². The van der Waals surface area contributed by atoms with Crippen LogP contribution in [-0.4, -0.2) is 15.0 Å². The number of hydrogen-bond donors (Lipinski definition) is 2. The second kappa shape index (κ2) is 3.04. The average molecular weight is 180 g/mol. The van der Waals surface area contributed by atoms with Crippen LogP contribution in [0, 0.1) is 0 Å². The van der Waals surface area contributed by atoms with Crippen molar-refractivity contribution < 1.29 is 0 Å². The van der Waals surface area contributed by atoms with Crippen molar-refractivity contribution in [2.75, 3.05) is 0 Å². The Hall–Kier alpha value is -1.20. The first kappa shape index (κ1) is 7.45. The van der Waals surface area contributed by atoms with Gasteiger partial charge in [0.05, 0.1) is 5.51 Å². The first-order chi connectivity index (χ1) is 5.90. The fourth-order valence-electron chi connectivity index (χ4n) is 0.922. The molecule has 0 aliphatic heterocycles. The smallest absolute Gasteiger partial charge is 0.157 e. The minimum atomic E-state index is 0.483. The van der Waals surface area contributed by atoms with Gasteiger partial charge in [0.25, 0.3) is 0 Å². The van der Waals surface area contributed by atoms with Gasteiger partial charge in [-0.3, -0.25) is 0 Å². The van der Waals surface area contributed by atoms with Gasteiger partial charge in [0.15, 0.2) is 5.82 Å². The van der Waals surface area contributed by atoms with Gasteiger partial charge in [-0.25, -0.2) is 9.97 Å². The summed E-state index contributed by atoms with van der Waals surface area (Å²) >= 11 is 1.55. The van der Waals surface area contributed by atoms with Crippen LogP contribution in [-0.2, 0) is 6.54 Å². The van der Waals surface area contributed by atoms with E-state index < -0.39 is 0 Å². The summed E-state index contributed by atoms with van der Waals surface area (Å²) in [5.74, 6) is 0.789. The molecule has 0 amide bonds. The highest BCUT2D eigenvalue weighted by molar-refractivity contribution is 7.07. The van der Waals surface area contributed by atoms with E-state index in [4.69, 9.17) is 5.73 Å². The van der Waals surface area contributed by atoms with Crippen LogP contribution in [0.1, 0.15) is 5.69 Å². The zero-order valence-corrected chi connectivity index (χ0v) is 7.14. The molecule has 0 aliphatic carbocycles. The number of imidazole rings is 1. The molecule has 0 saturated heterocycles. The van der Waals surface area contributed by atoms with Crippen molar-refractivity contribution in [3.8, 4) is 11.5 Å². The zero-order valence-electron chi connectivity index (χ0n) is 6.32. The van der Waals surface area contributed by atoms with Crippen molar-refractivity contribution in [2.24, 2.45) is 5.73 Å². The molecule has 0 aromatic carbocycles. The summed E-state index contributed by atoms with van der Waals surface area (Å²) in [6, 6.07) is 0. The molecule has 0 spiro atoms. The Labute approximate surface area is 73.5 Å². The summed E-state index contributed by atoms with van der Waals surface area (Å²) in [5.41, 5.74) is 9.01. The highest BCUT2D eigenvalue weighted by atomic mass is 32.1. The molecule has 0 aliphatic rings. The van der Waals surface area contributed by atoms with Gasteiger partial charge in [0.1, 0.15) is 5.69 Å². The molecule has 0 bridgehead atoms. The summed E-state index contributed by atoms with van der Waals surface area (Å²) in [7, 11) is 0. The van der Waals surface area contributed by atoms with Gasteiger partial charge in [-0.05, 0) is 0 Å². The lowest BCUT2D eigenvalue weighted by Crippen LogP contribution is -1.95. The molecule has 2 aromatic rings. The maximum absolute atomic E-state index is 5.43. The molecule has 2 heterocycles. The van der Waals surface area contributed by atoms with E-state index in [1.54, 1.807) is 23.0 Å². The SMILES string of the molecule is NCc1cnc(-c2cscn2)[nH]1. The normalized spacial score (nSPS) is 10.4. The maximum atomic E-state index is 5.43. The summed E-state index contributed by atoms with van der Waals surface area (Å²) in [4.78, 5) is 11.3. The number of aromatic nitrogens is 3. The molecule has 0 saturated carbocycles. The van der Waals surface area contributed by atoms with Gasteiger partial charge in [0.2, 0.25) is 0 Å². The predicted octanol–water partition coefficient (Wildman–Crippen LogP) is 0.992. The Balaban J connectivity index is 2.35. The topological polar surface area (TPSA) is 67.6 Å². The Morgan fingerprint density at radius 1 is 1.50 bits per heavy atom. The van der Waals surface area contributed by atoms with E-state index in [0.29, 0.717) is 6.54 Å². The second-order valence-electron chi connectivity index (χ2n) is 2.33. The Kier molecular flexibility index (Phi) is 1.89. The number of nitrogens with one attached hydrogen (secondary N) is 1. The van der Waals surface area contributed by atoms with Crippen molar-refractivity contribution in [1.29, 1.82) is 0 Å². The molecule has 3 N–H and O–H groups in total. The van der Waals surface area contributed by atoms with E-state index in [-0.39, 0.29) is 0 Å². The van der Waals surface area contributed by atoms with E-state index >= 15 is 0 Å². The summed E-state index contributed by atoms with van der Waals surface area (Å²) in [6.07, 6.45) is 1.73. The van der Waals surface area contributed by atoms with Gasteiger partial charge in [-0.1, -0.05) is 0 Å². The molecular formula is C7H8N4S. The average Bonchev–Trinajstić information content (AvgIpc) is 2.75.